The monoisotopic (exact) mass is 259 g/mol. The van der Waals surface area contributed by atoms with Crippen molar-refractivity contribution >= 4 is 11.8 Å². The average Bonchev–Trinajstić information content (AvgIpc) is 2.87. The minimum atomic E-state index is 0.517. The van der Waals surface area contributed by atoms with Gasteiger partial charge in [-0.15, -0.1) is 0 Å². The number of methoxy groups -OCH3 is 1. The van der Waals surface area contributed by atoms with E-state index in [0.29, 0.717) is 6.42 Å². The van der Waals surface area contributed by atoms with Gasteiger partial charge in [-0.25, -0.2) is 4.98 Å². The zero-order valence-corrected chi connectivity index (χ0v) is 10.9. The molecule has 0 radical (unpaired) electrons. The Bertz CT molecular complexity index is 559. The molecule has 92 valence electrons. The smallest absolute Gasteiger partial charge is 0.172 e. The molecule has 1 aromatic heterocycles. The molecule has 0 saturated heterocycles. The Kier molecular flexibility index (Phi) is 4.26. The van der Waals surface area contributed by atoms with Crippen molar-refractivity contribution in [2.75, 3.05) is 12.9 Å². The zero-order chi connectivity index (χ0) is 12.8. The summed E-state index contributed by atoms with van der Waals surface area (Å²) >= 11 is 1.57. The number of imidazole rings is 1. The van der Waals surface area contributed by atoms with Crippen LogP contribution in [-0.4, -0.2) is 22.4 Å². The highest BCUT2D eigenvalue weighted by Crippen LogP contribution is 2.27. The van der Waals surface area contributed by atoms with Crippen molar-refractivity contribution in [3.05, 3.63) is 36.7 Å². The van der Waals surface area contributed by atoms with Gasteiger partial charge in [-0.1, -0.05) is 23.9 Å². The van der Waals surface area contributed by atoms with Crippen LogP contribution in [0.15, 0.2) is 41.8 Å². The number of hydrogen-bond donors (Lipinski definition) is 0. The summed E-state index contributed by atoms with van der Waals surface area (Å²) in [4.78, 5) is 4.30. The van der Waals surface area contributed by atoms with E-state index < -0.39 is 0 Å². The predicted molar refractivity (Wildman–Crippen MR) is 71.1 cm³/mol. The topological polar surface area (TPSA) is 50.8 Å². The SMILES string of the molecule is COc1ccccc1-n1ccnc1SCCC#N. The van der Waals surface area contributed by atoms with Crippen molar-refractivity contribution in [3.8, 4) is 17.5 Å². The van der Waals surface area contributed by atoms with Gasteiger partial charge in [0.25, 0.3) is 0 Å². The first-order valence-electron chi connectivity index (χ1n) is 5.53. The molecule has 0 bridgehead atoms. The van der Waals surface area contributed by atoms with Crippen LogP contribution in [0.3, 0.4) is 0 Å². The molecule has 0 fully saturated rings. The van der Waals surface area contributed by atoms with E-state index in [-0.39, 0.29) is 0 Å². The molecule has 2 rings (SSSR count). The van der Waals surface area contributed by atoms with E-state index in [1.165, 1.54) is 0 Å². The lowest BCUT2D eigenvalue weighted by molar-refractivity contribution is 0.412. The van der Waals surface area contributed by atoms with E-state index in [1.54, 1.807) is 25.1 Å². The molecule has 18 heavy (non-hydrogen) atoms. The third-order valence-electron chi connectivity index (χ3n) is 2.40. The summed E-state index contributed by atoms with van der Waals surface area (Å²) < 4.78 is 7.31. The number of nitrogens with zero attached hydrogens (tertiary/aromatic N) is 3. The van der Waals surface area contributed by atoms with Crippen LogP contribution in [-0.2, 0) is 0 Å². The van der Waals surface area contributed by atoms with Crippen LogP contribution in [0.2, 0.25) is 0 Å². The molecule has 0 unspecified atom stereocenters. The molecule has 0 N–H and O–H groups in total. The number of rotatable bonds is 5. The molecule has 4 nitrogen and oxygen atoms in total. The number of thioether (sulfide) groups is 1. The lowest BCUT2D eigenvalue weighted by Gasteiger charge is -2.11. The summed E-state index contributed by atoms with van der Waals surface area (Å²) in [5.74, 6) is 1.54. The van der Waals surface area contributed by atoms with Crippen LogP contribution in [0.5, 0.6) is 5.75 Å². The van der Waals surface area contributed by atoms with Crippen molar-refractivity contribution in [1.82, 2.24) is 9.55 Å². The average molecular weight is 259 g/mol. The van der Waals surface area contributed by atoms with Gasteiger partial charge in [-0.05, 0) is 12.1 Å². The van der Waals surface area contributed by atoms with Crippen molar-refractivity contribution in [2.45, 2.75) is 11.6 Å². The maximum atomic E-state index is 8.55. The summed E-state index contributed by atoms with van der Waals surface area (Å²) in [7, 11) is 1.65. The van der Waals surface area contributed by atoms with Crippen molar-refractivity contribution in [1.29, 1.82) is 5.26 Å². The highest BCUT2D eigenvalue weighted by molar-refractivity contribution is 7.99. The molecule has 0 aliphatic rings. The number of aromatic nitrogens is 2. The highest BCUT2D eigenvalue weighted by atomic mass is 32.2. The minimum absolute atomic E-state index is 0.517. The number of para-hydroxylation sites is 2. The molecule has 0 atom stereocenters. The Labute approximate surface area is 110 Å². The van der Waals surface area contributed by atoms with E-state index >= 15 is 0 Å². The van der Waals surface area contributed by atoms with Gasteiger partial charge in [0.05, 0.1) is 18.9 Å². The number of nitriles is 1. The van der Waals surface area contributed by atoms with Gasteiger partial charge in [0.1, 0.15) is 5.75 Å². The lowest BCUT2D eigenvalue weighted by atomic mass is 10.3. The summed E-state index contributed by atoms with van der Waals surface area (Å²) in [5, 5.41) is 9.42. The normalized spacial score (nSPS) is 10.0. The Balaban J connectivity index is 2.28. The van der Waals surface area contributed by atoms with Gasteiger partial charge in [0.2, 0.25) is 0 Å². The largest absolute Gasteiger partial charge is 0.495 e. The standard InChI is InChI=1S/C13H13N3OS/c1-17-12-6-3-2-5-11(12)16-9-8-15-13(16)18-10-4-7-14/h2-3,5-6,8-9H,4,10H2,1H3. The molecule has 0 aliphatic heterocycles. The zero-order valence-electron chi connectivity index (χ0n) is 10.0. The van der Waals surface area contributed by atoms with Crippen LogP contribution in [0.25, 0.3) is 5.69 Å². The second-order valence-corrected chi connectivity index (χ2v) is 4.57. The van der Waals surface area contributed by atoms with Gasteiger partial charge in [0.15, 0.2) is 5.16 Å². The molecule has 1 heterocycles. The fraction of sp³-hybridized carbons (Fsp3) is 0.231. The van der Waals surface area contributed by atoms with E-state index in [4.69, 9.17) is 10.00 Å². The summed E-state index contributed by atoms with van der Waals surface area (Å²) in [5.41, 5.74) is 0.956. The Morgan fingerprint density at radius 1 is 1.44 bits per heavy atom. The second-order valence-electron chi connectivity index (χ2n) is 3.51. The quantitative estimate of drug-likeness (QED) is 0.612. The van der Waals surface area contributed by atoms with Crippen LogP contribution in [0.1, 0.15) is 6.42 Å². The number of ether oxygens (including phenoxy) is 1. The van der Waals surface area contributed by atoms with Crippen molar-refractivity contribution < 1.29 is 4.74 Å². The molecule has 2 aromatic rings. The first-order chi connectivity index (χ1) is 8.86. The third kappa shape index (κ3) is 2.66. The van der Waals surface area contributed by atoms with Crippen molar-refractivity contribution in [2.24, 2.45) is 0 Å². The first kappa shape index (κ1) is 12.5. The van der Waals surface area contributed by atoms with Gasteiger partial charge in [0, 0.05) is 24.6 Å². The second kappa shape index (κ2) is 6.12. The molecular formula is C13H13N3OS. The fourth-order valence-corrected chi connectivity index (χ4v) is 2.41. The van der Waals surface area contributed by atoms with Gasteiger partial charge >= 0.3 is 0 Å². The summed E-state index contributed by atoms with van der Waals surface area (Å²) in [6.07, 6.45) is 4.16. The predicted octanol–water partition coefficient (Wildman–Crippen LogP) is 2.89. The molecule has 0 saturated carbocycles. The van der Waals surface area contributed by atoms with Gasteiger partial charge in [-0.2, -0.15) is 5.26 Å². The first-order valence-corrected chi connectivity index (χ1v) is 6.52. The Morgan fingerprint density at radius 2 is 2.28 bits per heavy atom. The van der Waals surface area contributed by atoms with E-state index in [1.807, 2.05) is 35.0 Å². The van der Waals surface area contributed by atoms with E-state index in [9.17, 15) is 0 Å². The number of hydrogen-bond acceptors (Lipinski definition) is 4. The molecule has 1 aromatic carbocycles. The van der Waals surface area contributed by atoms with Gasteiger partial charge < -0.3 is 4.74 Å². The Morgan fingerprint density at radius 3 is 3.06 bits per heavy atom. The fourth-order valence-electron chi connectivity index (χ4n) is 1.60. The van der Waals surface area contributed by atoms with Crippen LogP contribution in [0.4, 0.5) is 0 Å². The maximum Gasteiger partial charge on any atom is 0.172 e. The molecule has 0 aliphatic carbocycles. The molecule has 0 amide bonds. The summed E-state index contributed by atoms with van der Waals surface area (Å²) in [6, 6.07) is 9.92. The molecule has 5 heteroatoms. The van der Waals surface area contributed by atoms with Gasteiger partial charge in [-0.3, -0.25) is 4.57 Å². The minimum Gasteiger partial charge on any atom is -0.495 e. The van der Waals surface area contributed by atoms with Crippen LogP contribution in [0, 0.1) is 11.3 Å². The maximum absolute atomic E-state index is 8.55. The third-order valence-corrected chi connectivity index (χ3v) is 3.37. The van der Waals surface area contributed by atoms with E-state index in [2.05, 4.69) is 11.1 Å². The van der Waals surface area contributed by atoms with Crippen molar-refractivity contribution in [3.63, 3.8) is 0 Å². The highest BCUT2D eigenvalue weighted by Gasteiger charge is 2.09. The Hall–Kier alpha value is -1.93. The lowest BCUT2D eigenvalue weighted by Crippen LogP contribution is -1.98. The summed E-state index contributed by atoms with van der Waals surface area (Å²) in [6.45, 7) is 0. The van der Waals surface area contributed by atoms with Crippen LogP contribution < -0.4 is 4.74 Å². The molecule has 0 spiro atoms. The van der Waals surface area contributed by atoms with E-state index in [0.717, 1.165) is 22.3 Å². The number of benzene rings is 1. The van der Waals surface area contributed by atoms with Crippen LogP contribution >= 0.6 is 11.8 Å². The molecular weight excluding hydrogens is 246 g/mol.